The number of benzene rings is 1. The largest absolute Gasteiger partial charge is 0.458 e. The van der Waals surface area contributed by atoms with Crippen molar-refractivity contribution in [3.05, 3.63) is 58.9 Å². The quantitative estimate of drug-likeness (QED) is 0.321. The van der Waals surface area contributed by atoms with Crippen LogP contribution in [-0.2, 0) is 32.6 Å². The van der Waals surface area contributed by atoms with Gasteiger partial charge < -0.3 is 4.74 Å². The van der Waals surface area contributed by atoms with Crippen LogP contribution < -0.4 is 0 Å². The van der Waals surface area contributed by atoms with E-state index in [4.69, 9.17) is 4.74 Å². The molecule has 202 valence electrons. The third-order valence-corrected chi connectivity index (χ3v) is 9.11. The van der Waals surface area contributed by atoms with Crippen LogP contribution in [0.15, 0.2) is 30.6 Å². The molecule has 1 saturated heterocycles. The Balaban J connectivity index is 1.19. The summed E-state index contributed by atoms with van der Waals surface area (Å²) < 4.78 is 22.8. The van der Waals surface area contributed by atoms with Gasteiger partial charge in [-0.1, -0.05) is 25.0 Å². The molecular weight excluding hydrogens is 497 g/mol. The first-order valence-corrected chi connectivity index (χ1v) is 13.9. The highest BCUT2D eigenvalue weighted by atomic mass is 19.1. The Hall–Kier alpha value is -3.67. The molecule has 3 aliphatic rings. The summed E-state index contributed by atoms with van der Waals surface area (Å²) in [6.45, 7) is 1.90. The zero-order valence-electron chi connectivity index (χ0n) is 22.2. The summed E-state index contributed by atoms with van der Waals surface area (Å²) in [4.78, 5) is 35.4. The predicted molar refractivity (Wildman–Crippen MR) is 139 cm³/mol. The molecule has 3 heterocycles. The van der Waals surface area contributed by atoms with Crippen molar-refractivity contribution in [1.29, 1.82) is 5.26 Å². The standard InChI is InChI=1S/C30H32FN5O3/c1-19-16-33-28-34-26(35-36(28)17-19)14-22-25(37)15-30(39-27(22)38,21-5-2-3-6-21)12-9-20-7-8-23(24(31)13-20)29(18-32)10-4-11-29/h7-8,13,16-17,21-22H,2-6,9-12,14-15H2,1H3. The molecule has 0 N–H and O–H groups in total. The van der Waals surface area contributed by atoms with Crippen molar-refractivity contribution >= 4 is 17.5 Å². The monoisotopic (exact) mass is 529 g/mol. The molecule has 1 aromatic carbocycles. The van der Waals surface area contributed by atoms with Crippen molar-refractivity contribution in [3.63, 3.8) is 0 Å². The molecule has 2 aliphatic carbocycles. The van der Waals surface area contributed by atoms with Gasteiger partial charge in [0.25, 0.3) is 5.78 Å². The predicted octanol–water partition coefficient (Wildman–Crippen LogP) is 4.75. The molecule has 6 rings (SSSR count). The Morgan fingerprint density at radius 2 is 2.00 bits per heavy atom. The maximum atomic E-state index is 15.1. The van der Waals surface area contributed by atoms with Crippen LogP contribution in [0.3, 0.4) is 0 Å². The number of aromatic nitrogens is 4. The fourth-order valence-corrected chi connectivity index (χ4v) is 6.69. The smallest absolute Gasteiger partial charge is 0.317 e. The molecule has 8 nitrogen and oxygen atoms in total. The summed E-state index contributed by atoms with van der Waals surface area (Å²) in [5, 5.41) is 14.0. The summed E-state index contributed by atoms with van der Waals surface area (Å²) in [5.74, 6) is -1.07. The number of carbonyl (C=O) groups is 2. The second-order valence-electron chi connectivity index (χ2n) is 11.6. The lowest BCUT2D eigenvalue weighted by Crippen LogP contribution is -2.52. The van der Waals surface area contributed by atoms with E-state index in [1.54, 1.807) is 23.0 Å². The molecular formula is C30H32FN5O3. The van der Waals surface area contributed by atoms with Crippen LogP contribution in [0.5, 0.6) is 0 Å². The molecule has 39 heavy (non-hydrogen) atoms. The Bertz CT molecular complexity index is 1460. The van der Waals surface area contributed by atoms with Crippen LogP contribution >= 0.6 is 0 Å². The summed E-state index contributed by atoms with van der Waals surface area (Å²) in [6.07, 6.45) is 10.9. The summed E-state index contributed by atoms with van der Waals surface area (Å²) in [5.41, 5.74) is 0.583. The van der Waals surface area contributed by atoms with E-state index in [2.05, 4.69) is 21.1 Å². The number of carbonyl (C=O) groups excluding carboxylic acids is 2. The Morgan fingerprint density at radius 3 is 2.67 bits per heavy atom. The molecule has 1 aliphatic heterocycles. The normalized spacial score (nSPS) is 24.9. The minimum Gasteiger partial charge on any atom is -0.458 e. The van der Waals surface area contributed by atoms with Gasteiger partial charge in [-0.3, -0.25) is 9.59 Å². The van der Waals surface area contributed by atoms with E-state index in [0.717, 1.165) is 43.2 Å². The van der Waals surface area contributed by atoms with Gasteiger partial charge in [-0.15, -0.1) is 5.10 Å². The minimum absolute atomic E-state index is 0.0775. The number of hydrogen-bond donors (Lipinski definition) is 0. The Labute approximate surface area is 226 Å². The molecule has 9 heteroatoms. The fraction of sp³-hybridized carbons (Fsp3) is 0.533. The first-order valence-electron chi connectivity index (χ1n) is 13.9. The fourth-order valence-electron chi connectivity index (χ4n) is 6.69. The van der Waals surface area contributed by atoms with Gasteiger partial charge in [-0.05, 0) is 75.0 Å². The van der Waals surface area contributed by atoms with Crippen molar-refractivity contribution in [2.24, 2.45) is 11.8 Å². The zero-order valence-corrected chi connectivity index (χ0v) is 22.2. The highest BCUT2D eigenvalue weighted by Gasteiger charge is 2.51. The maximum Gasteiger partial charge on any atom is 0.317 e. The van der Waals surface area contributed by atoms with Crippen molar-refractivity contribution < 1.29 is 18.7 Å². The number of ether oxygens (including phenoxy) is 1. The average molecular weight is 530 g/mol. The second-order valence-corrected chi connectivity index (χ2v) is 11.6. The lowest BCUT2D eigenvalue weighted by atomic mass is 9.65. The lowest BCUT2D eigenvalue weighted by molar-refractivity contribution is -0.185. The van der Waals surface area contributed by atoms with E-state index in [1.165, 1.54) is 6.07 Å². The third-order valence-electron chi connectivity index (χ3n) is 9.11. The number of nitrogens with zero attached hydrogens (tertiary/aromatic N) is 5. The number of nitriles is 1. The number of hydrogen-bond acceptors (Lipinski definition) is 7. The summed E-state index contributed by atoms with van der Waals surface area (Å²) in [6, 6.07) is 7.43. The highest BCUT2D eigenvalue weighted by Crippen LogP contribution is 2.46. The first kappa shape index (κ1) is 25.6. The number of esters is 1. The van der Waals surface area contributed by atoms with Gasteiger partial charge in [0.05, 0.1) is 11.5 Å². The van der Waals surface area contributed by atoms with Gasteiger partial charge in [0.15, 0.2) is 11.6 Å². The molecule has 2 unspecified atom stereocenters. The Kier molecular flexibility index (Phi) is 6.44. The van der Waals surface area contributed by atoms with Crippen LogP contribution in [0.2, 0.25) is 0 Å². The number of halogens is 1. The molecule has 2 saturated carbocycles. The van der Waals surface area contributed by atoms with Crippen molar-refractivity contribution in [3.8, 4) is 6.07 Å². The van der Waals surface area contributed by atoms with Crippen LogP contribution in [0.1, 0.15) is 80.3 Å². The maximum absolute atomic E-state index is 15.1. The van der Waals surface area contributed by atoms with E-state index >= 15 is 4.39 Å². The number of Topliss-reactive ketones (excluding diaryl/α,β-unsaturated/α-hetero) is 1. The average Bonchev–Trinajstić information content (AvgIpc) is 3.56. The van der Waals surface area contributed by atoms with Crippen molar-refractivity contribution in [2.45, 2.75) is 88.6 Å². The SMILES string of the molecule is Cc1cnc2nc(CC3C(=O)CC(CCc4ccc(C5(C#N)CCC5)c(F)c4)(C4CCCC4)OC3=O)nn2c1. The van der Waals surface area contributed by atoms with E-state index in [-0.39, 0.29) is 30.4 Å². The van der Waals surface area contributed by atoms with Crippen LogP contribution in [0.25, 0.3) is 5.78 Å². The van der Waals surface area contributed by atoms with Crippen molar-refractivity contribution in [2.75, 3.05) is 0 Å². The zero-order chi connectivity index (χ0) is 27.2. The number of aryl methyl sites for hydroxylation is 2. The Morgan fingerprint density at radius 1 is 1.21 bits per heavy atom. The number of rotatable bonds is 7. The molecule has 0 radical (unpaired) electrons. The first-order chi connectivity index (χ1) is 18.8. The molecule has 0 bridgehead atoms. The van der Waals surface area contributed by atoms with Gasteiger partial charge in [0, 0.05) is 30.8 Å². The van der Waals surface area contributed by atoms with E-state index in [9.17, 15) is 14.9 Å². The minimum atomic E-state index is -0.945. The highest BCUT2D eigenvalue weighted by molar-refractivity contribution is 6.01. The van der Waals surface area contributed by atoms with Crippen LogP contribution in [0.4, 0.5) is 4.39 Å². The molecule has 3 aromatic rings. The van der Waals surface area contributed by atoms with E-state index in [0.29, 0.717) is 42.8 Å². The van der Waals surface area contributed by atoms with Crippen LogP contribution in [-0.4, -0.2) is 36.9 Å². The molecule has 2 aromatic heterocycles. The van der Waals surface area contributed by atoms with Gasteiger partial charge >= 0.3 is 5.97 Å². The second kappa shape index (κ2) is 9.82. The van der Waals surface area contributed by atoms with E-state index in [1.807, 2.05) is 13.0 Å². The topological polar surface area (TPSA) is 110 Å². The number of fused-ring (bicyclic) bond motifs is 1. The number of ketones is 1. The van der Waals surface area contributed by atoms with Crippen molar-refractivity contribution in [1.82, 2.24) is 19.6 Å². The third kappa shape index (κ3) is 4.60. The number of cyclic esters (lactones) is 1. The molecule has 0 spiro atoms. The molecule has 3 fully saturated rings. The van der Waals surface area contributed by atoms with E-state index < -0.39 is 22.9 Å². The molecule has 0 amide bonds. The van der Waals surface area contributed by atoms with Gasteiger partial charge in [-0.2, -0.15) is 10.2 Å². The molecule has 2 atom stereocenters. The summed E-state index contributed by atoms with van der Waals surface area (Å²) >= 11 is 0. The van der Waals surface area contributed by atoms with Gasteiger partial charge in [0.2, 0.25) is 0 Å². The lowest BCUT2D eigenvalue weighted by Gasteiger charge is -2.43. The summed E-state index contributed by atoms with van der Waals surface area (Å²) in [7, 11) is 0. The van der Waals surface area contributed by atoms with Gasteiger partial charge in [0.1, 0.15) is 17.3 Å². The van der Waals surface area contributed by atoms with Crippen LogP contribution in [0, 0.1) is 35.9 Å². The van der Waals surface area contributed by atoms with Gasteiger partial charge in [-0.25, -0.2) is 13.9 Å².